The topological polar surface area (TPSA) is 24.7 Å². The lowest BCUT2D eigenvalue weighted by Crippen LogP contribution is -2.14. The number of hydrogen-bond acceptors (Lipinski definition) is 2. The van der Waals surface area contributed by atoms with Crippen molar-refractivity contribution in [2.45, 2.75) is 188 Å². The standard InChI is InChI=1S/C45H72N2/c1-4-7-10-12-13-14-15-16-17-18-19-20-21-22-23-24-25-26-28-34-41-35-32-33-39-43(41)47-45(38-9-6-3)44(40-31-11-8-5-2)46-42-36-29-27-30-37-42/h25-27,29-30,32-33,35-37,39H,4-24,28,31,34,38,40H2,1-3H3. The molecular formula is C45H72N2. The lowest BCUT2D eigenvalue weighted by atomic mass is 10.0. The molecule has 0 amide bonds. The van der Waals surface area contributed by atoms with E-state index in [2.05, 4.69) is 87.5 Å². The molecule has 0 N–H and O–H groups in total. The van der Waals surface area contributed by atoms with Gasteiger partial charge >= 0.3 is 0 Å². The van der Waals surface area contributed by atoms with Gasteiger partial charge in [0.2, 0.25) is 0 Å². The van der Waals surface area contributed by atoms with E-state index in [-0.39, 0.29) is 0 Å². The van der Waals surface area contributed by atoms with Crippen LogP contribution in [-0.4, -0.2) is 11.4 Å². The van der Waals surface area contributed by atoms with Crippen LogP contribution in [0.4, 0.5) is 11.4 Å². The molecule has 0 aromatic heterocycles. The van der Waals surface area contributed by atoms with Crippen LogP contribution < -0.4 is 0 Å². The highest BCUT2D eigenvalue weighted by Gasteiger charge is 2.12. The SMILES string of the molecule is CCCCCCCCCCCCCCCCCC=CCCc1ccccc1N=C(CCCC)C(CCCCCC)=Nc1ccccc1. The van der Waals surface area contributed by atoms with E-state index < -0.39 is 0 Å². The first-order chi connectivity index (χ1) is 23.3. The van der Waals surface area contributed by atoms with E-state index >= 15 is 0 Å². The second kappa shape index (κ2) is 29.6. The molecule has 0 aliphatic carbocycles. The third kappa shape index (κ3) is 21.2. The second-order valence-electron chi connectivity index (χ2n) is 13.7. The van der Waals surface area contributed by atoms with Crippen molar-refractivity contribution < 1.29 is 0 Å². The van der Waals surface area contributed by atoms with Crippen LogP contribution in [0.2, 0.25) is 0 Å². The molecule has 2 heteroatoms. The summed E-state index contributed by atoms with van der Waals surface area (Å²) in [6.07, 6.45) is 38.8. The van der Waals surface area contributed by atoms with E-state index in [4.69, 9.17) is 9.98 Å². The smallest absolute Gasteiger partial charge is 0.0665 e. The van der Waals surface area contributed by atoms with Gasteiger partial charge in [-0.2, -0.15) is 0 Å². The molecule has 0 aliphatic rings. The molecule has 0 spiro atoms. The summed E-state index contributed by atoms with van der Waals surface area (Å²) in [5.74, 6) is 0. The molecule has 0 atom stereocenters. The van der Waals surface area contributed by atoms with Crippen molar-refractivity contribution in [2.75, 3.05) is 0 Å². The van der Waals surface area contributed by atoms with E-state index in [9.17, 15) is 0 Å². The zero-order chi connectivity index (χ0) is 33.5. The van der Waals surface area contributed by atoms with E-state index in [1.54, 1.807) is 0 Å². The van der Waals surface area contributed by atoms with E-state index in [1.807, 2.05) is 0 Å². The Kier molecular flexibility index (Phi) is 25.7. The van der Waals surface area contributed by atoms with Crippen LogP contribution in [0, 0.1) is 0 Å². The summed E-state index contributed by atoms with van der Waals surface area (Å²) < 4.78 is 0. The van der Waals surface area contributed by atoms with Gasteiger partial charge in [-0.25, -0.2) is 0 Å². The number of hydrogen-bond donors (Lipinski definition) is 0. The Balaban J connectivity index is 1.77. The Hall–Kier alpha value is -2.48. The Morgan fingerprint density at radius 1 is 0.447 bits per heavy atom. The average molecular weight is 641 g/mol. The fourth-order valence-electron chi connectivity index (χ4n) is 6.34. The van der Waals surface area contributed by atoms with Crippen molar-refractivity contribution >= 4 is 22.8 Å². The summed E-state index contributed by atoms with van der Waals surface area (Å²) in [4.78, 5) is 10.5. The van der Waals surface area contributed by atoms with Gasteiger partial charge in [0.15, 0.2) is 0 Å². The van der Waals surface area contributed by atoms with Gasteiger partial charge < -0.3 is 0 Å². The number of aliphatic imine (C=N–C) groups is 2. The van der Waals surface area contributed by atoms with E-state index in [1.165, 1.54) is 152 Å². The maximum atomic E-state index is 5.35. The molecule has 0 radical (unpaired) electrons. The first-order valence-corrected chi connectivity index (χ1v) is 20.2. The number of para-hydroxylation sites is 2. The highest BCUT2D eigenvalue weighted by Crippen LogP contribution is 2.24. The average Bonchev–Trinajstić information content (AvgIpc) is 3.10. The predicted molar refractivity (Wildman–Crippen MR) is 212 cm³/mol. The van der Waals surface area contributed by atoms with E-state index in [0.717, 1.165) is 43.5 Å². The molecule has 0 aliphatic heterocycles. The van der Waals surface area contributed by atoms with Crippen molar-refractivity contribution in [3.05, 3.63) is 72.3 Å². The lowest BCUT2D eigenvalue weighted by molar-refractivity contribution is 0.533. The molecule has 47 heavy (non-hydrogen) atoms. The molecule has 262 valence electrons. The molecule has 2 aromatic carbocycles. The van der Waals surface area contributed by atoms with Gasteiger partial charge in [0.05, 0.1) is 22.8 Å². The molecule has 0 bridgehead atoms. The largest absolute Gasteiger partial charge is 0.252 e. The molecule has 2 aromatic rings. The fraction of sp³-hybridized carbons (Fsp3) is 0.644. The zero-order valence-electron chi connectivity index (χ0n) is 31.1. The van der Waals surface area contributed by atoms with Crippen LogP contribution in [0.15, 0.2) is 76.7 Å². The summed E-state index contributed by atoms with van der Waals surface area (Å²) in [5.41, 5.74) is 5.88. The Morgan fingerprint density at radius 3 is 1.53 bits per heavy atom. The predicted octanol–water partition coefficient (Wildman–Crippen LogP) is 15.4. The first kappa shape index (κ1) is 40.7. The quantitative estimate of drug-likeness (QED) is 0.0461. The van der Waals surface area contributed by atoms with Crippen molar-refractivity contribution in [3.63, 3.8) is 0 Å². The molecule has 0 saturated heterocycles. The highest BCUT2D eigenvalue weighted by atomic mass is 14.8. The van der Waals surface area contributed by atoms with Crippen LogP contribution in [0.25, 0.3) is 0 Å². The van der Waals surface area contributed by atoms with Crippen LogP contribution in [0.3, 0.4) is 0 Å². The van der Waals surface area contributed by atoms with Gasteiger partial charge in [-0.3, -0.25) is 9.98 Å². The van der Waals surface area contributed by atoms with Crippen LogP contribution in [0.5, 0.6) is 0 Å². The van der Waals surface area contributed by atoms with Gasteiger partial charge in [0.1, 0.15) is 0 Å². The van der Waals surface area contributed by atoms with Gasteiger partial charge in [-0.1, -0.05) is 185 Å². The third-order valence-corrected chi connectivity index (χ3v) is 9.36. The summed E-state index contributed by atoms with van der Waals surface area (Å²) in [5, 5.41) is 0. The maximum absolute atomic E-state index is 5.35. The summed E-state index contributed by atoms with van der Waals surface area (Å²) in [6, 6.07) is 19.2. The van der Waals surface area contributed by atoms with Gasteiger partial charge in [-0.05, 0) is 75.1 Å². The van der Waals surface area contributed by atoms with Gasteiger partial charge in [0, 0.05) is 0 Å². The molecule has 0 saturated carbocycles. The number of unbranched alkanes of at least 4 members (excludes halogenated alkanes) is 19. The Morgan fingerprint density at radius 2 is 0.915 bits per heavy atom. The summed E-state index contributed by atoms with van der Waals surface area (Å²) >= 11 is 0. The number of allylic oxidation sites excluding steroid dienone is 2. The number of benzene rings is 2. The number of nitrogens with zero attached hydrogens (tertiary/aromatic N) is 2. The minimum Gasteiger partial charge on any atom is -0.252 e. The Bertz CT molecular complexity index is 1080. The minimum atomic E-state index is 0.990. The highest BCUT2D eigenvalue weighted by molar-refractivity contribution is 6.43. The number of aryl methyl sites for hydroxylation is 1. The molecular weight excluding hydrogens is 569 g/mol. The van der Waals surface area contributed by atoms with E-state index in [0.29, 0.717) is 0 Å². The minimum absolute atomic E-state index is 0.990. The monoisotopic (exact) mass is 641 g/mol. The van der Waals surface area contributed by atoms with Crippen molar-refractivity contribution in [1.29, 1.82) is 0 Å². The molecule has 0 heterocycles. The number of rotatable bonds is 30. The van der Waals surface area contributed by atoms with Crippen LogP contribution >= 0.6 is 0 Å². The summed E-state index contributed by atoms with van der Waals surface area (Å²) in [7, 11) is 0. The summed E-state index contributed by atoms with van der Waals surface area (Å²) in [6.45, 7) is 6.85. The van der Waals surface area contributed by atoms with Crippen molar-refractivity contribution in [3.8, 4) is 0 Å². The van der Waals surface area contributed by atoms with Crippen LogP contribution in [-0.2, 0) is 6.42 Å². The lowest BCUT2D eigenvalue weighted by Gasteiger charge is -2.13. The maximum Gasteiger partial charge on any atom is 0.0665 e. The Labute approximate surface area is 292 Å². The van der Waals surface area contributed by atoms with Crippen molar-refractivity contribution in [1.82, 2.24) is 0 Å². The molecule has 0 fully saturated rings. The van der Waals surface area contributed by atoms with Gasteiger partial charge in [0.25, 0.3) is 0 Å². The van der Waals surface area contributed by atoms with Gasteiger partial charge in [-0.15, -0.1) is 0 Å². The fourth-order valence-corrected chi connectivity index (χ4v) is 6.34. The molecule has 0 unspecified atom stereocenters. The zero-order valence-corrected chi connectivity index (χ0v) is 31.1. The van der Waals surface area contributed by atoms with Crippen LogP contribution in [0.1, 0.15) is 187 Å². The third-order valence-electron chi connectivity index (χ3n) is 9.36. The molecule has 2 rings (SSSR count). The van der Waals surface area contributed by atoms with Crippen molar-refractivity contribution in [2.24, 2.45) is 9.98 Å². The second-order valence-corrected chi connectivity index (χ2v) is 13.7. The molecule has 2 nitrogen and oxygen atoms in total. The normalized spacial score (nSPS) is 12.4. The first-order valence-electron chi connectivity index (χ1n) is 20.2.